The third-order valence-electron chi connectivity index (χ3n) is 4.84. The van der Waals surface area contributed by atoms with Crippen LogP contribution in [0.5, 0.6) is 0 Å². The van der Waals surface area contributed by atoms with Crippen LogP contribution in [0.2, 0.25) is 0 Å². The molecule has 1 amide bonds. The number of amides is 1. The Kier molecular flexibility index (Phi) is 5.43. The summed E-state index contributed by atoms with van der Waals surface area (Å²) in [6.45, 7) is 5.79. The van der Waals surface area contributed by atoms with Gasteiger partial charge in [-0.25, -0.2) is 0 Å². The number of nitrogens with zero attached hydrogens (tertiary/aromatic N) is 4. The summed E-state index contributed by atoms with van der Waals surface area (Å²) in [5.41, 5.74) is 1.48. The van der Waals surface area contributed by atoms with Gasteiger partial charge in [0.25, 0.3) is 11.6 Å². The number of rotatable bonds is 5. The lowest BCUT2D eigenvalue weighted by Gasteiger charge is -2.32. The molecule has 1 fully saturated rings. The van der Waals surface area contributed by atoms with Gasteiger partial charge in [0.1, 0.15) is 17.1 Å². The number of hydrogen-bond donors (Lipinski definition) is 0. The molecule has 0 aliphatic carbocycles. The van der Waals surface area contributed by atoms with E-state index < -0.39 is 4.92 Å². The van der Waals surface area contributed by atoms with E-state index in [2.05, 4.69) is 12.1 Å². The van der Waals surface area contributed by atoms with Crippen LogP contribution >= 0.6 is 0 Å². The highest BCUT2D eigenvalue weighted by molar-refractivity contribution is 5.95. The molecule has 0 spiro atoms. The van der Waals surface area contributed by atoms with Crippen molar-refractivity contribution in [2.75, 3.05) is 25.0 Å². The number of nitro benzene ring substituents is 1. The SMILES string of the molecule is Cc1cc(CN(C)C(=O)c2ccc(N3CCC[C@H](C)C3)c([N+](=O)[O-])c2)no1. The minimum atomic E-state index is -0.410. The third kappa shape index (κ3) is 4.27. The summed E-state index contributed by atoms with van der Waals surface area (Å²) in [6.07, 6.45) is 2.14. The fraction of sp³-hybridized carbons (Fsp3) is 0.474. The zero-order valence-electron chi connectivity index (χ0n) is 15.8. The molecule has 1 atom stereocenters. The van der Waals surface area contributed by atoms with Gasteiger partial charge in [-0.2, -0.15) is 0 Å². The summed E-state index contributed by atoms with van der Waals surface area (Å²) in [5, 5.41) is 15.5. The highest BCUT2D eigenvalue weighted by Gasteiger charge is 2.26. The summed E-state index contributed by atoms with van der Waals surface area (Å²) < 4.78 is 5.01. The lowest BCUT2D eigenvalue weighted by molar-refractivity contribution is -0.384. The molecule has 0 radical (unpaired) electrons. The van der Waals surface area contributed by atoms with Crippen LogP contribution in [0, 0.1) is 23.0 Å². The minimum Gasteiger partial charge on any atom is -0.366 e. The predicted octanol–water partition coefficient (Wildman–Crippen LogP) is 3.40. The van der Waals surface area contributed by atoms with E-state index in [1.54, 1.807) is 32.2 Å². The summed E-state index contributed by atoms with van der Waals surface area (Å²) >= 11 is 0. The molecular weight excluding hydrogens is 348 g/mol. The molecule has 1 aromatic carbocycles. The number of aryl methyl sites for hydroxylation is 1. The van der Waals surface area contributed by atoms with E-state index >= 15 is 0 Å². The van der Waals surface area contributed by atoms with Gasteiger partial charge >= 0.3 is 0 Å². The fourth-order valence-electron chi connectivity index (χ4n) is 3.51. The molecule has 8 nitrogen and oxygen atoms in total. The summed E-state index contributed by atoms with van der Waals surface area (Å²) in [6, 6.07) is 6.49. The maximum Gasteiger partial charge on any atom is 0.293 e. The molecule has 2 aromatic rings. The molecule has 1 aliphatic rings. The van der Waals surface area contributed by atoms with Crippen LogP contribution in [0.3, 0.4) is 0 Å². The highest BCUT2D eigenvalue weighted by Crippen LogP contribution is 2.32. The molecule has 8 heteroatoms. The highest BCUT2D eigenvalue weighted by atomic mass is 16.6. The molecule has 0 N–H and O–H groups in total. The first-order valence-electron chi connectivity index (χ1n) is 9.06. The van der Waals surface area contributed by atoms with Gasteiger partial charge in [0.05, 0.1) is 11.5 Å². The van der Waals surface area contributed by atoms with Crippen molar-refractivity contribution >= 4 is 17.3 Å². The number of carbonyl (C=O) groups excluding carboxylic acids is 1. The van der Waals surface area contributed by atoms with Crippen LogP contribution in [0.15, 0.2) is 28.8 Å². The smallest absolute Gasteiger partial charge is 0.293 e. The standard InChI is InChI=1S/C19H24N4O4/c1-13-5-4-8-22(11-13)17-7-6-15(10-18(17)23(25)26)19(24)21(3)12-16-9-14(2)27-20-16/h6-7,9-10,13H,4-5,8,11-12H2,1-3H3/t13-/m0/s1. The second-order valence-corrected chi connectivity index (χ2v) is 7.24. The monoisotopic (exact) mass is 372 g/mol. The molecule has 1 aliphatic heterocycles. The molecule has 0 bridgehead atoms. The molecule has 144 valence electrons. The van der Waals surface area contributed by atoms with Crippen molar-refractivity contribution in [2.45, 2.75) is 33.2 Å². The second-order valence-electron chi connectivity index (χ2n) is 7.24. The summed E-state index contributed by atoms with van der Waals surface area (Å²) in [7, 11) is 1.64. The normalized spacial score (nSPS) is 17.0. The quantitative estimate of drug-likeness (QED) is 0.590. The van der Waals surface area contributed by atoms with E-state index in [9.17, 15) is 14.9 Å². The van der Waals surface area contributed by atoms with Crippen LogP contribution in [0.25, 0.3) is 0 Å². The zero-order valence-corrected chi connectivity index (χ0v) is 15.8. The van der Waals surface area contributed by atoms with E-state index in [-0.39, 0.29) is 18.1 Å². The molecule has 2 heterocycles. The summed E-state index contributed by atoms with van der Waals surface area (Å²) in [4.78, 5) is 27.4. The average molecular weight is 372 g/mol. The van der Waals surface area contributed by atoms with Crippen molar-refractivity contribution in [3.8, 4) is 0 Å². The van der Waals surface area contributed by atoms with Crippen molar-refractivity contribution in [1.82, 2.24) is 10.1 Å². The Labute approximate surface area is 157 Å². The second kappa shape index (κ2) is 7.77. The van der Waals surface area contributed by atoms with E-state index in [0.29, 0.717) is 28.6 Å². The lowest BCUT2D eigenvalue weighted by Crippen LogP contribution is -2.34. The lowest BCUT2D eigenvalue weighted by atomic mass is 9.99. The number of piperidine rings is 1. The van der Waals surface area contributed by atoms with Crippen molar-refractivity contribution in [1.29, 1.82) is 0 Å². The maximum atomic E-state index is 12.7. The van der Waals surface area contributed by atoms with Crippen LogP contribution in [0.4, 0.5) is 11.4 Å². The average Bonchev–Trinajstić information content (AvgIpc) is 3.05. The largest absolute Gasteiger partial charge is 0.366 e. The van der Waals surface area contributed by atoms with Gasteiger partial charge < -0.3 is 14.3 Å². The Morgan fingerprint density at radius 3 is 2.85 bits per heavy atom. The van der Waals surface area contributed by atoms with Crippen LogP contribution in [0.1, 0.15) is 41.6 Å². The summed E-state index contributed by atoms with van der Waals surface area (Å²) in [5.74, 6) is 0.871. The molecule has 0 unspecified atom stereocenters. The van der Waals surface area contributed by atoms with Crippen molar-refractivity contribution < 1.29 is 14.2 Å². The van der Waals surface area contributed by atoms with Gasteiger partial charge in [-0.1, -0.05) is 12.1 Å². The van der Waals surface area contributed by atoms with Crippen LogP contribution < -0.4 is 4.90 Å². The molecule has 27 heavy (non-hydrogen) atoms. The Balaban J connectivity index is 1.82. The van der Waals surface area contributed by atoms with Crippen molar-refractivity contribution in [3.05, 3.63) is 51.4 Å². The molecule has 0 saturated carbocycles. The number of benzene rings is 1. The Bertz CT molecular complexity index is 848. The molecule has 1 saturated heterocycles. The zero-order chi connectivity index (χ0) is 19.6. The Morgan fingerprint density at radius 2 is 2.22 bits per heavy atom. The first-order chi connectivity index (χ1) is 12.8. The van der Waals surface area contributed by atoms with Gasteiger partial charge in [-0.05, 0) is 37.8 Å². The van der Waals surface area contributed by atoms with Gasteiger partial charge in [0.15, 0.2) is 0 Å². The fourth-order valence-corrected chi connectivity index (χ4v) is 3.51. The minimum absolute atomic E-state index is 0.0272. The topological polar surface area (TPSA) is 92.7 Å². The number of nitro groups is 1. The third-order valence-corrected chi connectivity index (χ3v) is 4.84. The van der Waals surface area contributed by atoms with Gasteiger partial charge in [0, 0.05) is 37.8 Å². The molecule has 3 rings (SSSR count). The van der Waals surface area contributed by atoms with Crippen molar-refractivity contribution in [2.24, 2.45) is 5.92 Å². The number of anilines is 1. The molecule has 1 aromatic heterocycles. The van der Waals surface area contributed by atoms with Gasteiger partial charge in [0.2, 0.25) is 0 Å². The Hall–Kier alpha value is -2.90. The first-order valence-corrected chi connectivity index (χ1v) is 9.06. The number of aromatic nitrogens is 1. The van der Waals surface area contributed by atoms with Crippen molar-refractivity contribution in [3.63, 3.8) is 0 Å². The number of carbonyl (C=O) groups is 1. The van der Waals surface area contributed by atoms with Gasteiger partial charge in [-0.3, -0.25) is 14.9 Å². The first kappa shape index (κ1) is 18.9. The van der Waals surface area contributed by atoms with E-state index in [1.807, 2.05) is 4.90 Å². The van der Waals surface area contributed by atoms with Gasteiger partial charge in [-0.15, -0.1) is 0 Å². The van der Waals surface area contributed by atoms with E-state index in [4.69, 9.17) is 4.52 Å². The Morgan fingerprint density at radius 1 is 1.44 bits per heavy atom. The molecular formula is C19H24N4O4. The van der Waals surface area contributed by atoms with Crippen LogP contribution in [-0.2, 0) is 6.54 Å². The van der Waals surface area contributed by atoms with E-state index in [0.717, 1.165) is 25.9 Å². The number of hydrogen-bond acceptors (Lipinski definition) is 6. The van der Waals surface area contributed by atoms with E-state index in [1.165, 1.54) is 11.0 Å². The van der Waals surface area contributed by atoms with Crippen LogP contribution in [-0.4, -0.2) is 41.0 Å². The predicted molar refractivity (Wildman–Crippen MR) is 101 cm³/mol. The maximum absolute atomic E-state index is 12.7.